The maximum Gasteiger partial charge on any atom is 0.320 e. The summed E-state index contributed by atoms with van der Waals surface area (Å²) >= 11 is 1.31. The molecule has 3 N–H and O–H groups in total. The molecule has 0 atom stereocenters. The molecule has 112 valence electrons. The van der Waals surface area contributed by atoms with Crippen LogP contribution in [0.25, 0.3) is 11.3 Å². The fraction of sp³-hybridized carbons (Fsp3) is 0.167. The van der Waals surface area contributed by atoms with Gasteiger partial charge in [0.1, 0.15) is 0 Å². The van der Waals surface area contributed by atoms with Gasteiger partial charge in [-0.3, -0.25) is 10.0 Å². The van der Waals surface area contributed by atoms with E-state index in [4.69, 9.17) is 0 Å². The van der Waals surface area contributed by atoms with E-state index in [2.05, 4.69) is 20.3 Å². The molecule has 0 aliphatic carbocycles. The number of urea groups is 1. The van der Waals surface area contributed by atoms with Crippen molar-refractivity contribution in [1.29, 1.82) is 0 Å². The Labute approximate surface area is 126 Å². The number of aromatic nitrogens is 1. The van der Waals surface area contributed by atoms with E-state index < -0.39 is 10.0 Å². The average molecular weight is 326 g/mol. The first kappa shape index (κ1) is 15.3. The van der Waals surface area contributed by atoms with Crippen molar-refractivity contribution in [2.45, 2.75) is 0 Å². The lowest BCUT2D eigenvalue weighted by Crippen LogP contribution is -2.24. The van der Waals surface area contributed by atoms with Crippen molar-refractivity contribution in [2.24, 2.45) is 0 Å². The van der Waals surface area contributed by atoms with Crippen LogP contribution in [0.15, 0.2) is 29.6 Å². The number of nitrogens with zero attached hydrogens (tertiary/aromatic N) is 1. The normalized spacial score (nSPS) is 11.0. The predicted octanol–water partition coefficient (Wildman–Crippen LogP) is 1.93. The van der Waals surface area contributed by atoms with Gasteiger partial charge in [-0.2, -0.15) is 0 Å². The third kappa shape index (κ3) is 4.43. The number of rotatable bonds is 4. The first-order chi connectivity index (χ1) is 9.87. The number of hydrogen-bond donors (Lipinski definition) is 3. The van der Waals surface area contributed by atoms with E-state index in [1.165, 1.54) is 18.4 Å². The lowest BCUT2D eigenvalue weighted by atomic mass is 10.1. The van der Waals surface area contributed by atoms with E-state index in [0.717, 1.165) is 11.8 Å². The number of amides is 2. The molecule has 2 rings (SSSR count). The van der Waals surface area contributed by atoms with Gasteiger partial charge in [0.25, 0.3) is 0 Å². The van der Waals surface area contributed by atoms with Gasteiger partial charge in [-0.05, 0) is 12.1 Å². The van der Waals surface area contributed by atoms with Gasteiger partial charge >= 0.3 is 6.03 Å². The summed E-state index contributed by atoms with van der Waals surface area (Å²) in [5.74, 6) is 0. The van der Waals surface area contributed by atoms with Gasteiger partial charge in [-0.1, -0.05) is 12.1 Å². The second-order valence-corrected chi connectivity index (χ2v) is 6.80. The fourth-order valence-corrected chi connectivity index (χ4v) is 2.83. The number of thiazole rings is 1. The number of sulfonamides is 1. The van der Waals surface area contributed by atoms with Gasteiger partial charge in [0.2, 0.25) is 10.0 Å². The number of nitrogens with one attached hydrogen (secondary N) is 3. The monoisotopic (exact) mass is 326 g/mol. The van der Waals surface area contributed by atoms with E-state index >= 15 is 0 Å². The number of hydrogen-bond acceptors (Lipinski definition) is 5. The van der Waals surface area contributed by atoms with E-state index in [9.17, 15) is 13.2 Å². The van der Waals surface area contributed by atoms with Crippen molar-refractivity contribution in [1.82, 2.24) is 10.3 Å². The summed E-state index contributed by atoms with van der Waals surface area (Å²) in [6.45, 7) is 0. The van der Waals surface area contributed by atoms with Gasteiger partial charge < -0.3 is 5.32 Å². The molecule has 0 radical (unpaired) electrons. The van der Waals surface area contributed by atoms with Crippen molar-refractivity contribution in [2.75, 3.05) is 23.3 Å². The lowest BCUT2D eigenvalue weighted by molar-refractivity contribution is 0.254. The molecular weight excluding hydrogens is 312 g/mol. The molecule has 0 aliphatic heterocycles. The molecule has 0 saturated carbocycles. The second kappa shape index (κ2) is 6.10. The van der Waals surface area contributed by atoms with Crippen LogP contribution >= 0.6 is 11.3 Å². The van der Waals surface area contributed by atoms with Crippen LogP contribution in [0.1, 0.15) is 0 Å². The number of carbonyl (C=O) groups is 1. The predicted molar refractivity (Wildman–Crippen MR) is 84.1 cm³/mol. The molecule has 0 spiro atoms. The Balaban J connectivity index is 2.14. The molecule has 9 heteroatoms. The van der Waals surface area contributed by atoms with Crippen LogP contribution in [-0.4, -0.2) is 32.7 Å². The quantitative estimate of drug-likeness (QED) is 0.799. The minimum Gasteiger partial charge on any atom is -0.341 e. The number of anilines is 2. The summed E-state index contributed by atoms with van der Waals surface area (Å²) in [4.78, 5) is 15.5. The van der Waals surface area contributed by atoms with Gasteiger partial charge in [-0.25, -0.2) is 18.2 Å². The first-order valence-corrected chi connectivity index (χ1v) is 8.67. The summed E-state index contributed by atoms with van der Waals surface area (Å²) in [6.07, 6.45) is 1.10. The van der Waals surface area contributed by atoms with Gasteiger partial charge in [0, 0.05) is 23.7 Å². The highest BCUT2D eigenvalue weighted by Gasteiger charge is 2.07. The van der Waals surface area contributed by atoms with Crippen LogP contribution in [0, 0.1) is 0 Å². The molecule has 0 saturated heterocycles. The van der Waals surface area contributed by atoms with Gasteiger partial charge in [0.15, 0.2) is 5.13 Å². The first-order valence-electron chi connectivity index (χ1n) is 5.90. The van der Waals surface area contributed by atoms with E-state index in [1.54, 1.807) is 24.3 Å². The molecule has 1 aromatic heterocycles. The molecule has 0 fully saturated rings. The summed E-state index contributed by atoms with van der Waals surface area (Å²) in [7, 11) is -1.76. The van der Waals surface area contributed by atoms with Crippen LogP contribution in [0.4, 0.5) is 15.6 Å². The van der Waals surface area contributed by atoms with E-state index in [1.807, 2.05) is 5.38 Å². The number of carbonyl (C=O) groups excluding carboxylic acids is 1. The molecule has 2 amide bonds. The fourth-order valence-electron chi connectivity index (χ4n) is 1.55. The Morgan fingerprint density at radius 1 is 1.24 bits per heavy atom. The Kier molecular flexibility index (Phi) is 4.43. The molecule has 1 heterocycles. The molecular formula is C12H14N4O3S2. The van der Waals surface area contributed by atoms with Crippen molar-refractivity contribution in [3.05, 3.63) is 29.6 Å². The Bertz CT molecular complexity index is 738. The van der Waals surface area contributed by atoms with Crippen molar-refractivity contribution < 1.29 is 13.2 Å². The molecule has 1 aromatic carbocycles. The molecule has 0 bridgehead atoms. The van der Waals surface area contributed by atoms with Crippen molar-refractivity contribution in [3.8, 4) is 11.3 Å². The highest BCUT2D eigenvalue weighted by Crippen LogP contribution is 2.26. The minimum absolute atomic E-state index is 0.330. The third-order valence-electron chi connectivity index (χ3n) is 2.44. The molecule has 7 nitrogen and oxygen atoms in total. The lowest BCUT2D eigenvalue weighted by Gasteiger charge is -2.04. The summed E-state index contributed by atoms with van der Waals surface area (Å²) < 4.78 is 24.6. The van der Waals surface area contributed by atoms with Crippen LogP contribution in [0.2, 0.25) is 0 Å². The van der Waals surface area contributed by atoms with Crippen LogP contribution < -0.4 is 15.4 Å². The molecule has 0 unspecified atom stereocenters. The van der Waals surface area contributed by atoms with Gasteiger partial charge in [-0.15, -0.1) is 11.3 Å². The minimum atomic E-state index is -3.28. The standard InChI is InChI=1S/C12H14N4O3S2/c1-13-11(17)15-12-14-10(7-20-12)8-3-5-9(6-4-8)16-21(2,18)19/h3-7,16H,1-2H3,(H2,13,14,15,17). The zero-order valence-corrected chi connectivity index (χ0v) is 13.0. The third-order valence-corrected chi connectivity index (χ3v) is 3.80. The summed E-state index contributed by atoms with van der Waals surface area (Å²) in [5, 5.41) is 7.33. The Morgan fingerprint density at radius 2 is 1.90 bits per heavy atom. The maximum absolute atomic E-state index is 11.2. The summed E-state index contributed by atoms with van der Waals surface area (Å²) in [5.41, 5.74) is 2.02. The highest BCUT2D eigenvalue weighted by atomic mass is 32.2. The van der Waals surface area contributed by atoms with E-state index in [-0.39, 0.29) is 6.03 Å². The molecule has 0 aliphatic rings. The SMILES string of the molecule is CNC(=O)Nc1nc(-c2ccc(NS(C)(=O)=O)cc2)cs1. The Hall–Kier alpha value is -2.13. The summed E-state index contributed by atoms with van der Waals surface area (Å²) in [6, 6.07) is 6.49. The smallest absolute Gasteiger partial charge is 0.320 e. The van der Waals surface area contributed by atoms with Crippen LogP contribution in [-0.2, 0) is 10.0 Å². The topological polar surface area (TPSA) is 100 Å². The zero-order chi connectivity index (χ0) is 15.5. The maximum atomic E-state index is 11.2. The van der Waals surface area contributed by atoms with E-state index in [0.29, 0.717) is 16.5 Å². The Morgan fingerprint density at radius 3 is 2.48 bits per heavy atom. The largest absolute Gasteiger partial charge is 0.341 e. The van der Waals surface area contributed by atoms with Crippen LogP contribution in [0.5, 0.6) is 0 Å². The van der Waals surface area contributed by atoms with Gasteiger partial charge in [0.05, 0.1) is 11.9 Å². The number of benzene rings is 1. The van der Waals surface area contributed by atoms with Crippen molar-refractivity contribution in [3.63, 3.8) is 0 Å². The zero-order valence-electron chi connectivity index (χ0n) is 11.4. The van der Waals surface area contributed by atoms with Crippen molar-refractivity contribution >= 4 is 38.2 Å². The highest BCUT2D eigenvalue weighted by molar-refractivity contribution is 7.92. The molecule has 2 aromatic rings. The van der Waals surface area contributed by atoms with Crippen LogP contribution in [0.3, 0.4) is 0 Å². The molecule has 21 heavy (non-hydrogen) atoms. The average Bonchev–Trinajstić information content (AvgIpc) is 2.86. The second-order valence-electron chi connectivity index (χ2n) is 4.19.